The van der Waals surface area contributed by atoms with Crippen LogP contribution in [-0.2, 0) is 4.79 Å². The van der Waals surface area contributed by atoms with Gasteiger partial charge in [0.25, 0.3) is 0 Å². The summed E-state index contributed by atoms with van der Waals surface area (Å²) in [5.41, 5.74) is 1.66. The van der Waals surface area contributed by atoms with Crippen molar-refractivity contribution < 1.29 is 18.7 Å². The van der Waals surface area contributed by atoms with E-state index >= 15 is 0 Å². The molecule has 138 valence electrons. The third-order valence-corrected chi connectivity index (χ3v) is 5.09. The average Bonchev–Trinajstić information content (AvgIpc) is 2.66. The number of nitrogens with one attached hydrogen (secondary N) is 1. The van der Waals surface area contributed by atoms with Crippen LogP contribution in [-0.4, -0.2) is 23.5 Å². The maximum atomic E-state index is 14.0. The quantitative estimate of drug-likeness (QED) is 0.846. The van der Waals surface area contributed by atoms with Crippen molar-refractivity contribution in [2.24, 2.45) is 5.92 Å². The summed E-state index contributed by atoms with van der Waals surface area (Å²) in [6, 6.07) is 17.8. The molecule has 0 bridgehead atoms. The number of hydrogen-bond acceptors (Lipinski definition) is 2. The smallest absolute Gasteiger partial charge is 0.249 e. The zero-order valence-electron chi connectivity index (χ0n) is 14.4. The zero-order chi connectivity index (χ0) is 18.6. The number of aliphatic hydroxyl groups is 1. The van der Waals surface area contributed by atoms with E-state index in [2.05, 4.69) is 5.32 Å². The minimum Gasteiger partial charge on any atom is -0.394 e. The Balaban J connectivity index is 1.81. The largest absolute Gasteiger partial charge is 0.394 e. The molecule has 3 rings (SSSR count). The van der Waals surface area contributed by atoms with Crippen LogP contribution in [0.2, 0.25) is 0 Å². The Morgan fingerprint density at radius 3 is 2.35 bits per heavy atom. The highest BCUT2D eigenvalue weighted by molar-refractivity contribution is 5.80. The summed E-state index contributed by atoms with van der Waals surface area (Å²) in [6.45, 7) is -0.283. The SMILES string of the molecule is O=C(N[C@@H](CO)c1ccccc1)[C@H]1CC(F)(F)CC[C@@H]1c1ccccc1. The van der Waals surface area contributed by atoms with Crippen molar-refractivity contribution in [2.75, 3.05) is 6.61 Å². The fourth-order valence-corrected chi connectivity index (χ4v) is 3.71. The van der Waals surface area contributed by atoms with Crippen LogP contribution in [0.25, 0.3) is 0 Å². The number of alkyl halides is 2. The van der Waals surface area contributed by atoms with E-state index < -0.39 is 30.2 Å². The van der Waals surface area contributed by atoms with Crippen LogP contribution in [0.1, 0.15) is 42.3 Å². The Kier molecular flexibility index (Phi) is 5.67. The molecule has 5 heteroatoms. The van der Waals surface area contributed by atoms with Gasteiger partial charge in [-0.1, -0.05) is 60.7 Å². The highest BCUT2D eigenvalue weighted by atomic mass is 19.3. The second-order valence-electron chi connectivity index (χ2n) is 6.88. The number of benzene rings is 2. The van der Waals surface area contributed by atoms with Gasteiger partial charge in [0.1, 0.15) is 0 Å². The first-order valence-corrected chi connectivity index (χ1v) is 8.89. The molecule has 2 N–H and O–H groups in total. The molecule has 0 aromatic heterocycles. The van der Waals surface area contributed by atoms with E-state index in [1.54, 1.807) is 12.1 Å². The second kappa shape index (κ2) is 7.96. The molecule has 1 amide bonds. The van der Waals surface area contributed by atoms with E-state index in [1.165, 1.54) is 0 Å². The van der Waals surface area contributed by atoms with Gasteiger partial charge >= 0.3 is 0 Å². The van der Waals surface area contributed by atoms with Crippen molar-refractivity contribution in [1.29, 1.82) is 0 Å². The number of amides is 1. The van der Waals surface area contributed by atoms with Gasteiger partial charge in [0.2, 0.25) is 11.8 Å². The first-order valence-electron chi connectivity index (χ1n) is 8.89. The Bertz CT molecular complexity index is 721. The summed E-state index contributed by atoms with van der Waals surface area (Å²) < 4.78 is 28.0. The molecule has 3 nitrogen and oxygen atoms in total. The van der Waals surface area contributed by atoms with Crippen molar-refractivity contribution in [1.82, 2.24) is 5.32 Å². The highest BCUT2D eigenvalue weighted by Crippen LogP contribution is 2.45. The molecule has 1 fully saturated rings. The molecular weight excluding hydrogens is 336 g/mol. The lowest BCUT2D eigenvalue weighted by atomic mass is 9.73. The molecule has 3 atom stereocenters. The number of halogens is 2. The van der Waals surface area contributed by atoms with E-state index in [9.17, 15) is 18.7 Å². The van der Waals surface area contributed by atoms with E-state index in [-0.39, 0.29) is 25.4 Å². The molecule has 26 heavy (non-hydrogen) atoms. The van der Waals surface area contributed by atoms with E-state index in [1.807, 2.05) is 48.5 Å². The van der Waals surface area contributed by atoms with Crippen molar-refractivity contribution in [2.45, 2.75) is 37.1 Å². The van der Waals surface area contributed by atoms with Gasteiger partial charge < -0.3 is 10.4 Å². The van der Waals surface area contributed by atoms with Crippen LogP contribution < -0.4 is 5.32 Å². The van der Waals surface area contributed by atoms with Gasteiger partial charge in [-0.25, -0.2) is 8.78 Å². The van der Waals surface area contributed by atoms with Crippen molar-refractivity contribution in [3.63, 3.8) is 0 Å². The van der Waals surface area contributed by atoms with Gasteiger partial charge in [-0.3, -0.25) is 4.79 Å². The lowest BCUT2D eigenvalue weighted by Gasteiger charge is -2.36. The van der Waals surface area contributed by atoms with Gasteiger partial charge in [-0.15, -0.1) is 0 Å². The Labute approximate surface area is 152 Å². The molecule has 0 saturated heterocycles. The maximum Gasteiger partial charge on any atom is 0.249 e. The lowest BCUT2D eigenvalue weighted by molar-refractivity contribution is -0.134. The number of carbonyl (C=O) groups excluding carboxylic acids is 1. The third-order valence-electron chi connectivity index (χ3n) is 5.09. The van der Waals surface area contributed by atoms with Crippen molar-refractivity contribution in [3.8, 4) is 0 Å². The molecule has 0 heterocycles. The monoisotopic (exact) mass is 359 g/mol. The molecule has 2 aromatic rings. The first-order chi connectivity index (χ1) is 12.5. The lowest BCUT2D eigenvalue weighted by Crippen LogP contribution is -2.43. The summed E-state index contributed by atoms with van der Waals surface area (Å²) in [5.74, 6) is -4.33. The van der Waals surface area contributed by atoms with Gasteiger partial charge in [-0.05, 0) is 23.5 Å². The summed E-state index contributed by atoms with van der Waals surface area (Å²) in [4.78, 5) is 12.9. The number of aliphatic hydroxyl groups excluding tert-OH is 1. The highest BCUT2D eigenvalue weighted by Gasteiger charge is 2.45. The molecule has 0 radical (unpaired) electrons. The zero-order valence-corrected chi connectivity index (χ0v) is 14.4. The predicted molar refractivity (Wildman–Crippen MR) is 95.9 cm³/mol. The van der Waals surface area contributed by atoms with Crippen LogP contribution in [0.15, 0.2) is 60.7 Å². The minimum atomic E-state index is -2.84. The molecule has 0 aliphatic heterocycles. The molecule has 2 aromatic carbocycles. The summed E-state index contributed by atoms with van der Waals surface area (Å²) in [7, 11) is 0. The fraction of sp³-hybridized carbons (Fsp3) is 0.381. The van der Waals surface area contributed by atoms with Gasteiger partial charge in [-0.2, -0.15) is 0 Å². The van der Waals surface area contributed by atoms with Crippen LogP contribution >= 0.6 is 0 Å². The fourth-order valence-electron chi connectivity index (χ4n) is 3.71. The average molecular weight is 359 g/mol. The second-order valence-corrected chi connectivity index (χ2v) is 6.88. The van der Waals surface area contributed by atoms with Crippen molar-refractivity contribution in [3.05, 3.63) is 71.8 Å². The molecule has 0 spiro atoms. The number of rotatable bonds is 5. The Morgan fingerprint density at radius 2 is 1.73 bits per heavy atom. The van der Waals surface area contributed by atoms with E-state index in [4.69, 9.17) is 0 Å². The third kappa shape index (κ3) is 4.28. The maximum absolute atomic E-state index is 14.0. The standard InChI is InChI=1S/C21H23F2NO2/c22-21(23)12-11-17(15-7-3-1-4-8-15)18(13-21)20(26)24-19(14-25)16-9-5-2-6-10-16/h1-10,17-19,25H,11-14H2,(H,24,26)/t17-,18+,19+/m1/s1. The molecule has 1 saturated carbocycles. The number of carbonyl (C=O) groups is 1. The molecule has 0 unspecified atom stereocenters. The normalized spacial score (nSPS) is 23.2. The summed E-state index contributed by atoms with van der Waals surface area (Å²) in [6.07, 6.45) is -0.409. The minimum absolute atomic E-state index is 0.210. The van der Waals surface area contributed by atoms with Gasteiger partial charge in [0, 0.05) is 12.8 Å². The molecular formula is C21H23F2NO2. The Hall–Kier alpha value is -2.27. The predicted octanol–water partition coefficient (Wildman–Crippen LogP) is 4.06. The van der Waals surface area contributed by atoms with Crippen LogP contribution in [0, 0.1) is 5.92 Å². The Morgan fingerprint density at radius 1 is 1.12 bits per heavy atom. The van der Waals surface area contributed by atoms with Crippen molar-refractivity contribution >= 4 is 5.91 Å². The van der Waals surface area contributed by atoms with E-state index in [0.29, 0.717) is 0 Å². The molecule has 1 aliphatic rings. The first kappa shape index (κ1) is 18.5. The summed E-state index contributed by atoms with van der Waals surface area (Å²) in [5, 5.41) is 12.4. The molecule has 1 aliphatic carbocycles. The van der Waals surface area contributed by atoms with Gasteiger partial charge in [0.05, 0.1) is 18.6 Å². The van der Waals surface area contributed by atoms with E-state index in [0.717, 1.165) is 11.1 Å². The number of hydrogen-bond donors (Lipinski definition) is 2. The van der Waals surface area contributed by atoms with Crippen LogP contribution in [0.4, 0.5) is 8.78 Å². The van der Waals surface area contributed by atoms with Crippen LogP contribution in [0.5, 0.6) is 0 Å². The van der Waals surface area contributed by atoms with Gasteiger partial charge in [0.15, 0.2) is 0 Å². The summed E-state index contributed by atoms with van der Waals surface area (Å²) >= 11 is 0. The van der Waals surface area contributed by atoms with Crippen LogP contribution in [0.3, 0.4) is 0 Å². The topological polar surface area (TPSA) is 49.3 Å².